The molecule has 2 aromatic rings. The lowest BCUT2D eigenvalue weighted by Crippen LogP contribution is -2.42. The predicted octanol–water partition coefficient (Wildman–Crippen LogP) is 2.07. The van der Waals surface area contributed by atoms with E-state index in [1.165, 1.54) is 12.8 Å². The zero-order valence-corrected chi connectivity index (χ0v) is 16.7. The Hall–Kier alpha value is -3.05. The van der Waals surface area contributed by atoms with Gasteiger partial charge >= 0.3 is 0 Å². The van der Waals surface area contributed by atoms with Gasteiger partial charge in [-0.15, -0.1) is 0 Å². The van der Waals surface area contributed by atoms with E-state index in [1.54, 1.807) is 22.9 Å². The molecule has 1 aromatic heterocycles. The van der Waals surface area contributed by atoms with Crippen molar-refractivity contribution in [2.24, 2.45) is 5.92 Å². The third-order valence-electron chi connectivity index (χ3n) is 5.71. The second-order valence-corrected chi connectivity index (χ2v) is 8.22. The predicted molar refractivity (Wildman–Crippen MR) is 106 cm³/mol. The number of aryl methyl sites for hydroxylation is 1. The van der Waals surface area contributed by atoms with Gasteiger partial charge in [-0.05, 0) is 48.9 Å². The van der Waals surface area contributed by atoms with Crippen molar-refractivity contribution >= 4 is 5.91 Å². The molecule has 8 nitrogen and oxygen atoms in total. The van der Waals surface area contributed by atoms with Gasteiger partial charge in [-0.25, -0.2) is 4.68 Å². The summed E-state index contributed by atoms with van der Waals surface area (Å²) in [5.74, 6) is 1.85. The average Bonchev–Trinajstić information content (AvgIpc) is 3.49. The molecule has 2 atom stereocenters. The quantitative estimate of drug-likeness (QED) is 0.786. The Morgan fingerprint density at radius 2 is 2.20 bits per heavy atom. The van der Waals surface area contributed by atoms with Crippen molar-refractivity contribution in [1.82, 2.24) is 15.1 Å². The third-order valence-corrected chi connectivity index (χ3v) is 5.71. The molecular weight excluding hydrogens is 384 g/mol. The van der Waals surface area contributed by atoms with Gasteiger partial charge in [-0.1, -0.05) is 0 Å². The molecule has 1 fully saturated rings. The molecule has 1 aliphatic carbocycles. The maximum absolute atomic E-state index is 12.7. The van der Waals surface area contributed by atoms with Crippen LogP contribution in [0, 0.1) is 17.2 Å². The highest BCUT2D eigenvalue weighted by molar-refractivity contribution is 5.92. The Morgan fingerprint density at radius 1 is 1.30 bits per heavy atom. The van der Waals surface area contributed by atoms with E-state index in [-0.39, 0.29) is 18.1 Å². The molecule has 0 unspecified atom stereocenters. The molecule has 1 N–H and O–H groups in total. The van der Waals surface area contributed by atoms with Gasteiger partial charge in [-0.3, -0.25) is 4.79 Å². The lowest BCUT2D eigenvalue weighted by Gasteiger charge is -2.25. The summed E-state index contributed by atoms with van der Waals surface area (Å²) < 4.78 is 19.2. The number of benzene rings is 1. The first kappa shape index (κ1) is 18.9. The molecule has 1 amide bonds. The first-order valence-electron chi connectivity index (χ1n) is 10.5. The van der Waals surface area contributed by atoms with Gasteiger partial charge in [0.05, 0.1) is 24.3 Å². The zero-order chi connectivity index (χ0) is 20.5. The van der Waals surface area contributed by atoms with Crippen LogP contribution in [0.5, 0.6) is 11.6 Å². The van der Waals surface area contributed by atoms with Crippen LogP contribution < -0.4 is 14.8 Å². The van der Waals surface area contributed by atoms with E-state index in [2.05, 4.69) is 16.5 Å². The molecule has 2 aliphatic heterocycles. The van der Waals surface area contributed by atoms with Crippen molar-refractivity contribution in [3.63, 3.8) is 0 Å². The monoisotopic (exact) mass is 408 g/mol. The molecule has 156 valence electrons. The van der Waals surface area contributed by atoms with Crippen LogP contribution in [0.1, 0.15) is 40.9 Å². The molecule has 3 aliphatic rings. The summed E-state index contributed by atoms with van der Waals surface area (Å²) in [5, 5.41) is 16.5. The number of amides is 1. The summed E-state index contributed by atoms with van der Waals surface area (Å²) in [4.78, 5) is 12.7. The number of ether oxygens (including phenoxy) is 3. The number of carbonyl (C=O) groups is 1. The lowest BCUT2D eigenvalue weighted by atomic mass is 10.0. The number of rotatable bonds is 6. The van der Waals surface area contributed by atoms with Crippen molar-refractivity contribution in [3.8, 4) is 17.7 Å². The normalized spacial score (nSPS) is 22.1. The average molecular weight is 408 g/mol. The van der Waals surface area contributed by atoms with Gasteiger partial charge in [-0.2, -0.15) is 10.4 Å². The van der Waals surface area contributed by atoms with Crippen LogP contribution in [0.3, 0.4) is 0 Å². The number of aromatic nitrogens is 2. The van der Waals surface area contributed by atoms with E-state index in [1.807, 2.05) is 6.07 Å². The lowest BCUT2D eigenvalue weighted by molar-refractivity contribution is 0.0221. The minimum absolute atomic E-state index is 0.00133. The Bertz CT molecular complexity index is 992. The van der Waals surface area contributed by atoms with Crippen LogP contribution in [0.15, 0.2) is 24.3 Å². The number of nitrogens with zero attached hydrogens (tertiary/aromatic N) is 3. The number of hydrogen-bond donors (Lipinski definition) is 1. The van der Waals surface area contributed by atoms with E-state index in [4.69, 9.17) is 19.5 Å². The summed E-state index contributed by atoms with van der Waals surface area (Å²) >= 11 is 0. The Morgan fingerprint density at radius 3 is 3.03 bits per heavy atom. The fourth-order valence-corrected chi connectivity index (χ4v) is 3.85. The SMILES string of the molecule is N#Cc1ccc2c(c1)C[C@@H](NC(=O)c1cc3n(n1)CC[C@H](COCC1CC1)O3)CO2. The fourth-order valence-electron chi connectivity index (χ4n) is 3.85. The van der Waals surface area contributed by atoms with Crippen LogP contribution in [0.4, 0.5) is 0 Å². The number of nitrogens with one attached hydrogen (secondary N) is 1. The zero-order valence-electron chi connectivity index (χ0n) is 16.7. The molecule has 8 heteroatoms. The van der Waals surface area contributed by atoms with E-state index < -0.39 is 0 Å². The largest absolute Gasteiger partial charge is 0.491 e. The number of carbonyl (C=O) groups excluding carboxylic acids is 1. The molecule has 3 heterocycles. The number of nitriles is 1. The number of fused-ring (bicyclic) bond motifs is 2. The summed E-state index contributed by atoms with van der Waals surface area (Å²) in [6.07, 6.45) is 3.97. The second kappa shape index (κ2) is 8.00. The molecule has 0 saturated heterocycles. The van der Waals surface area contributed by atoms with Crippen LogP contribution in [0.25, 0.3) is 0 Å². The van der Waals surface area contributed by atoms with Crippen molar-refractivity contribution in [1.29, 1.82) is 5.26 Å². The molecule has 1 aromatic carbocycles. The minimum atomic E-state index is -0.254. The van der Waals surface area contributed by atoms with E-state index in [0.717, 1.165) is 30.3 Å². The van der Waals surface area contributed by atoms with Gasteiger partial charge in [0.2, 0.25) is 5.88 Å². The van der Waals surface area contributed by atoms with Gasteiger partial charge in [0, 0.05) is 25.6 Å². The molecule has 0 bridgehead atoms. The molecular formula is C22H24N4O4. The summed E-state index contributed by atoms with van der Waals surface area (Å²) in [6, 6.07) is 8.99. The first-order chi connectivity index (χ1) is 14.7. The molecule has 5 rings (SSSR count). The van der Waals surface area contributed by atoms with Gasteiger partial charge < -0.3 is 19.5 Å². The van der Waals surface area contributed by atoms with Crippen LogP contribution in [-0.4, -0.2) is 47.7 Å². The van der Waals surface area contributed by atoms with Crippen LogP contribution in [-0.2, 0) is 17.7 Å². The van der Waals surface area contributed by atoms with Gasteiger partial charge in [0.15, 0.2) is 5.69 Å². The fraction of sp³-hybridized carbons (Fsp3) is 0.500. The summed E-state index contributed by atoms with van der Waals surface area (Å²) in [7, 11) is 0. The molecule has 0 spiro atoms. The van der Waals surface area contributed by atoms with E-state index in [0.29, 0.717) is 43.3 Å². The highest BCUT2D eigenvalue weighted by Gasteiger charge is 2.27. The van der Waals surface area contributed by atoms with Crippen molar-refractivity contribution in [3.05, 3.63) is 41.1 Å². The van der Waals surface area contributed by atoms with Crippen molar-refractivity contribution < 1.29 is 19.0 Å². The van der Waals surface area contributed by atoms with E-state index in [9.17, 15) is 4.79 Å². The van der Waals surface area contributed by atoms with E-state index >= 15 is 0 Å². The van der Waals surface area contributed by atoms with Crippen LogP contribution in [0.2, 0.25) is 0 Å². The Kier molecular flexibility index (Phi) is 5.05. The maximum Gasteiger partial charge on any atom is 0.272 e. The second-order valence-electron chi connectivity index (χ2n) is 8.22. The minimum Gasteiger partial charge on any atom is -0.491 e. The van der Waals surface area contributed by atoms with Crippen molar-refractivity contribution in [2.75, 3.05) is 19.8 Å². The summed E-state index contributed by atoms with van der Waals surface area (Å²) in [5.41, 5.74) is 1.84. The standard InChI is InChI=1S/C22H24N4O4/c23-10-15-3-4-20-16(7-15)8-17(12-29-20)24-22(27)19-9-21-26(25-19)6-5-18(30-21)13-28-11-14-1-2-14/h3-4,7,9,14,17-18H,1-2,5-6,8,11-13H2,(H,24,27)/t17-,18-/m1/s1. The molecule has 0 radical (unpaired) electrons. The van der Waals surface area contributed by atoms with Gasteiger partial charge in [0.25, 0.3) is 5.91 Å². The Balaban J connectivity index is 1.18. The highest BCUT2D eigenvalue weighted by atomic mass is 16.5. The van der Waals surface area contributed by atoms with Crippen molar-refractivity contribution in [2.45, 2.75) is 44.4 Å². The topological polar surface area (TPSA) is 98.4 Å². The Labute approximate surface area is 174 Å². The maximum atomic E-state index is 12.7. The number of hydrogen-bond acceptors (Lipinski definition) is 6. The smallest absolute Gasteiger partial charge is 0.272 e. The van der Waals surface area contributed by atoms with Gasteiger partial charge in [0.1, 0.15) is 18.5 Å². The molecule has 1 saturated carbocycles. The molecule has 30 heavy (non-hydrogen) atoms. The first-order valence-corrected chi connectivity index (χ1v) is 10.5. The third kappa shape index (κ3) is 4.12. The van der Waals surface area contributed by atoms with Crippen LogP contribution >= 0.6 is 0 Å². The highest BCUT2D eigenvalue weighted by Crippen LogP contribution is 2.29. The summed E-state index contributed by atoms with van der Waals surface area (Å²) in [6.45, 7) is 2.48.